The van der Waals surface area contributed by atoms with Gasteiger partial charge in [0.2, 0.25) is 0 Å². The molecule has 5 heteroatoms. The van der Waals surface area contributed by atoms with Crippen LogP contribution in [-0.4, -0.2) is 26.0 Å². The third-order valence-corrected chi connectivity index (χ3v) is 2.69. The van der Waals surface area contributed by atoms with Gasteiger partial charge in [-0.1, -0.05) is 20.3 Å². The van der Waals surface area contributed by atoms with E-state index in [1.54, 1.807) is 12.7 Å². The molecule has 0 radical (unpaired) electrons. The molecule has 16 heavy (non-hydrogen) atoms. The van der Waals surface area contributed by atoms with Gasteiger partial charge in [0, 0.05) is 6.04 Å². The molecule has 2 rings (SSSR count). The Labute approximate surface area is 94.7 Å². The van der Waals surface area contributed by atoms with Gasteiger partial charge in [-0.2, -0.15) is 0 Å². The predicted octanol–water partition coefficient (Wildman–Crippen LogP) is 2.34. The van der Waals surface area contributed by atoms with Crippen molar-refractivity contribution in [3.63, 3.8) is 0 Å². The van der Waals surface area contributed by atoms with Gasteiger partial charge in [-0.05, 0) is 12.8 Å². The Balaban J connectivity index is 2.22. The van der Waals surface area contributed by atoms with Crippen LogP contribution in [0.5, 0.6) is 0 Å². The zero-order chi connectivity index (χ0) is 11.4. The summed E-state index contributed by atoms with van der Waals surface area (Å²) in [6, 6.07) is 0.464. The fourth-order valence-electron chi connectivity index (χ4n) is 1.79. The smallest absolute Gasteiger partial charge is 0.182 e. The molecule has 0 fully saturated rings. The highest BCUT2D eigenvalue weighted by Gasteiger charge is 2.10. The minimum absolute atomic E-state index is 0.464. The summed E-state index contributed by atoms with van der Waals surface area (Å²) in [7, 11) is 0. The number of nitrogens with zero attached hydrogens (tertiary/aromatic N) is 3. The van der Waals surface area contributed by atoms with E-state index in [-0.39, 0.29) is 0 Å². The quantitative estimate of drug-likeness (QED) is 0.810. The molecular weight excluding hydrogens is 202 g/mol. The van der Waals surface area contributed by atoms with Crippen LogP contribution in [0.3, 0.4) is 0 Å². The molecule has 1 unspecified atom stereocenters. The number of anilines is 1. The second kappa shape index (κ2) is 4.92. The molecule has 0 saturated heterocycles. The lowest BCUT2D eigenvalue weighted by Gasteiger charge is -2.16. The van der Waals surface area contributed by atoms with E-state index in [0.717, 1.165) is 24.2 Å². The fourth-order valence-corrected chi connectivity index (χ4v) is 1.79. The standard InChI is InChI=1S/C11H17N5/c1-3-5-8(4-2)16-11-9-10(13-6-12-9)14-7-15-11/h6-8H,3-5H2,1-2H3,(H2,12,13,14,15,16). The number of nitrogens with one attached hydrogen (secondary N) is 2. The van der Waals surface area contributed by atoms with Crippen molar-refractivity contribution < 1.29 is 0 Å². The molecule has 86 valence electrons. The maximum Gasteiger partial charge on any atom is 0.182 e. The first kappa shape index (κ1) is 10.9. The maximum atomic E-state index is 4.26. The summed E-state index contributed by atoms with van der Waals surface area (Å²) in [6.45, 7) is 4.37. The third-order valence-electron chi connectivity index (χ3n) is 2.69. The fraction of sp³-hybridized carbons (Fsp3) is 0.545. The predicted molar refractivity (Wildman–Crippen MR) is 64.3 cm³/mol. The molecule has 0 aliphatic rings. The van der Waals surface area contributed by atoms with Crippen LogP contribution in [0.2, 0.25) is 0 Å². The Hall–Kier alpha value is -1.65. The van der Waals surface area contributed by atoms with Crippen molar-refractivity contribution in [1.82, 2.24) is 19.9 Å². The number of fused-ring (bicyclic) bond motifs is 1. The molecule has 1 atom stereocenters. The number of aromatic amines is 1. The maximum absolute atomic E-state index is 4.26. The number of hydrogen-bond donors (Lipinski definition) is 2. The summed E-state index contributed by atoms with van der Waals surface area (Å²) >= 11 is 0. The first-order chi connectivity index (χ1) is 7.85. The van der Waals surface area contributed by atoms with E-state index in [1.165, 1.54) is 6.42 Å². The van der Waals surface area contributed by atoms with Crippen LogP contribution in [0.15, 0.2) is 12.7 Å². The summed E-state index contributed by atoms with van der Waals surface area (Å²) in [4.78, 5) is 15.5. The van der Waals surface area contributed by atoms with Crippen molar-refractivity contribution in [1.29, 1.82) is 0 Å². The van der Waals surface area contributed by atoms with Gasteiger partial charge in [0.25, 0.3) is 0 Å². The Morgan fingerprint density at radius 1 is 1.31 bits per heavy atom. The molecule has 2 aromatic heterocycles. The van der Waals surface area contributed by atoms with Crippen molar-refractivity contribution in [2.24, 2.45) is 0 Å². The average molecular weight is 219 g/mol. The zero-order valence-corrected chi connectivity index (χ0v) is 9.70. The van der Waals surface area contributed by atoms with Gasteiger partial charge in [0.05, 0.1) is 6.33 Å². The molecule has 0 saturated carbocycles. The van der Waals surface area contributed by atoms with E-state index < -0.39 is 0 Å². The van der Waals surface area contributed by atoms with Crippen LogP contribution in [0, 0.1) is 0 Å². The lowest BCUT2D eigenvalue weighted by molar-refractivity contribution is 0.621. The highest BCUT2D eigenvalue weighted by molar-refractivity contribution is 5.81. The topological polar surface area (TPSA) is 66.5 Å². The Morgan fingerprint density at radius 2 is 2.19 bits per heavy atom. The molecule has 2 N–H and O–H groups in total. The monoisotopic (exact) mass is 219 g/mol. The molecular formula is C11H17N5. The van der Waals surface area contributed by atoms with Crippen LogP contribution in [-0.2, 0) is 0 Å². The van der Waals surface area contributed by atoms with Gasteiger partial charge >= 0.3 is 0 Å². The summed E-state index contributed by atoms with van der Waals surface area (Å²) < 4.78 is 0. The largest absolute Gasteiger partial charge is 0.365 e. The van der Waals surface area contributed by atoms with Gasteiger partial charge in [0.1, 0.15) is 11.8 Å². The Bertz CT molecular complexity index is 450. The van der Waals surface area contributed by atoms with E-state index in [2.05, 4.69) is 39.1 Å². The van der Waals surface area contributed by atoms with Crippen LogP contribution >= 0.6 is 0 Å². The average Bonchev–Trinajstić information content (AvgIpc) is 2.77. The second-order valence-corrected chi connectivity index (χ2v) is 3.86. The molecule has 2 heterocycles. The summed E-state index contributed by atoms with van der Waals surface area (Å²) in [5.74, 6) is 0.850. The lowest BCUT2D eigenvalue weighted by Crippen LogP contribution is -2.19. The Morgan fingerprint density at radius 3 is 2.94 bits per heavy atom. The molecule has 0 aliphatic carbocycles. The SMILES string of the molecule is CCCC(CC)Nc1ncnc2nc[nH]c12. The van der Waals surface area contributed by atoms with Gasteiger partial charge < -0.3 is 10.3 Å². The third kappa shape index (κ3) is 2.13. The highest BCUT2D eigenvalue weighted by atomic mass is 15.1. The number of H-pyrrole nitrogens is 1. The van der Waals surface area contributed by atoms with Crippen molar-refractivity contribution >= 4 is 17.0 Å². The number of imidazole rings is 1. The Kier molecular flexibility index (Phi) is 3.34. The van der Waals surface area contributed by atoms with E-state index in [0.29, 0.717) is 11.7 Å². The summed E-state index contributed by atoms with van der Waals surface area (Å²) in [6.07, 6.45) is 6.60. The van der Waals surface area contributed by atoms with Crippen molar-refractivity contribution in [3.8, 4) is 0 Å². The van der Waals surface area contributed by atoms with Crippen molar-refractivity contribution in [2.75, 3.05) is 5.32 Å². The molecule has 0 amide bonds. The normalized spacial score (nSPS) is 12.9. The van der Waals surface area contributed by atoms with Crippen LogP contribution < -0.4 is 5.32 Å². The summed E-state index contributed by atoms with van der Waals surface area (Å²) in [5, 5.41) is 3.44. The number of hydrogen-bond acceptors (Lipinski definition) is 4. The first-order valence-electron chi connectivity index (χ1n) is 5.75. The van der Waals surface area contributed by atoms with Crippen LogP contribution in [0.4, 0.5) is 5.82 Å². The highest BCUT2D eigenvalue weighted by Crippen LogP contribution is 2.17. The molecule has 0 bridgehead atoms. The van der Waals surface area contributed by atoms with Crippen molar-refractivity contribution in [2.45, 2.75) is 39.2 Å². The van der Waals surface area contributed by atoms with E-state index >= 15 is 0 Å². The van der Waals surface area contributed by atoms with E-state index in [1.807, 2.05) is 0 Å². The minimum Gasteiger partial charge on any atom is -0.365 e. The van der Waals surface area contributed by atoms with Crippen LogP contribution in [0.25, 0.3) is 11.2 Å². The molecule has 0 aromatic carbocycles. The van der Waals surface area contributed by atoms with Crippen LogP contribution in [0.1, 0.15) is 33.1 Å². The number of rotatable bonds is 5. The molecule has 0 aliphatic heterocycles. The van der Waals surface area contributed by atoms with Gasteiger partial charge in [-0.15, -0.1) is 0 Å². The summed E-state index contributed by atoms with van der Waals surface area (Å²) in [5.41, 5.74) is 1.60. The molecule has 2 aromatic rings. The molecule has 0 spiro atoms. The van der Waals surface area contributed by atoms with Crippen molar-refractivity contribution in [3.05, 3.63) is 12.7 Å². The lowest BCUT2D eigenvalue weighted by atomic mass is 10.1. The minimum atomic E-state index is 0.464. The van der Waals surface area contributed by atoms with E-state index in [4.69, 9.17) is 0 Å². The van der Waals surface area contributed by atoms with E-state index in [9.17, 15) is 0 Å². The number of aromatic nitrogens is 4. The second-order valence-electron chi connectivity index (χ2n) is 3.86. The van der Waals surface area contributed by atoms with Gasteiger partial charge in [-0.25, -0.2) is 15.0 Å². The van der Waals surface area contributed by atoms with Gasteiger partial charge in [0.15, 0.2) is 11.5 Å². The first-order valence-corrected chi connectivity index (χ1v) is 5.75. The molecule has 5 nitrogen and oxygen atoms in total. The van der Waals surface area contributed by atoms with Gasteiger partial charge in [-0.3, -0.25) is 0 Å². The zero-order valence-electron chi connectivity index (χ0n) is 9.70.